The van der Waals surface area contributed by atoms with Crippen LogP contribution >= 0.6 is 0 Å². The molecule has 0 unspecified atom stereocenters. The predicted octanol–water partition coefficient (Wildman–Crippen LogP) is 0.0858. The van der Waals surface area contributed by atoms with Crippen molar-refractivity contribution in [2.75, 3.05) is 19.4 Å². The molecule has 5 heteroatoms. The molecule has 0 aromatic heterocycles. The summed E-state index contributed by atoms with van der Waals surface area (Å²) in [4.78, 5) is 0. The highest BCUT2D eigenvalue weighted by atomic mass is 32.2. The highest BCUT2D eigenvalue weighted by molar-refractivity contribution is 7.88. The van der Waals surface area contributed by atoms with Crippen molar-refractivity contribution in [2.45, 2.75) is 6.42 Å². The molecule has 0 rings (SSSR count). The lowest BCUT2D eigenvalue weighted by Crippen LogP contribution is -2.23. The third kappa shape index (κ3) is 9.45. The number of rotatable bonds is 6. The van der Waals surface area contributed by atoms with Crippen molar-refractivity contribution in [3.8, 4) is 0 Å². The second kappa shape index (κ2) is 5.15. The van der Waals surface area contributed by atoms with Crippen LogP contribution in [0, 0.1) is 0 Å². The van der Waals surface area contributed by atoms with E-state index in [9.17, 15) is 8.42 Å². The molecule has 0 amide bonds. The quantitative estimate of drug-likeness (QED) is 0.464. The lowest BCUT2D eigenvalue weighted by atomic mass is 10.5. The molecule has 0 aliphatic rings. The third-order valence-corrected chi connectivity index (χ3v) is 1.65. The number of hydrogen-bond acceptors (Lipinski definition) is 3. The van der Waals surface area contributed by atoms with Gasteiger partial charge in [0.15, 0.2) is 0 Å². The largest absolute Gasteiger partial charge is 0.502 e. The van der Waals surface area contributed by atoms with E-state index in [-0.39, 0.29) is 0 Å². The van der Waals surface area contributed by atoms with Crippen molar-refractivity contribution in [3.05, 3.63) is 12.8 Å². The van der Waals surface area contributed by atoms with Crippen molar-refractivity contribution in [3.63, 3.8) is 0 Å². The first kappa shape index (κ1) is 10.4. The maximum absolute atomic E-state index is 10.5. The van der Waals surface area contributed by atoms with Gasteiger partial charge in [0, 0.05) is 6.54 Å². The molecule has 66 valence electrons. The Morgan fingerprint density at radius 1 is 1.64 bits per heavy atom. The van der Waals surface area contributed by atoms with E-state index in [0.717, 1.165) is 6.26 Å². The second-order valence-corrected chi connectivity index (χ2v) is 3.89. The Kier molecular flexibility index (Phi) is 4.89. The predicted molar refractivity (Wildman–Crippen MR) is 43.6 cm³/mol. The Morgan fingerprint density at radius 2 is 2.27 bits per heavy atom. The number of sulfonamides is 1. The summed E-state index contributed by atoms with van der Waals surface area (Å²) in [6.07, 6.45) is 3.11. The van der Waals surface area contributed by atoms with Crippen LogP contribution < -0.4 is 4.72 Å². The topological polar surface area (TPSA) is 55.4 Å². The molecular formula is C6H13NO3S. The van der Waals surface area contributed by atoms with E-state index in [1.165, 1.54) is 6.26 Å². The van der Waals surface area contributed by atoms with Gasteiger partial charge in [-0.1, -0.05) is 6.58 Å². The van der Waals surface area contributed by atoms with E-state index in [0.29, 0.717) is 19.6 Å². The van der Waals surface area contributed by atoms with Gasteiger partial charge in [-0.15, -0.1) is 0 Å². The fraction of sp³-hybridized carbons (Fsp3) is 0.667. The van der Waals surface area contributed by atoms with E-state index in [1.807, 2.05) is 0 Å². The van der Waals surface area contributed by atoms with Crippen LogP contribution in [0.4, 0.5) is 0 Å². The Hall–Kier alpha value is -0.550. The molecule has 0 aromatic carbocycles. The molecule has 0 fully saturated rings. The summed E-state index contributed by atoms with van der Waals surface area (Å²) in [5.74, 6) is 0. The van der Waals surface area contributed by atoms with Crippen LogP contribution in [0.3, 0.4) is 0 Å². The minimum atomic E-state index is -3.04. The molecule has 0 aliphatic carbocycles. The van der Waals surface area contributed by atoms with Crippen molar-refractivity contribution in [2.24, 2.45) is 0 Å². The zero-order valence-corrected chi connectivity index (χ0v) is 7.36. The van der Waals surface area contributed by atoms with Crippen molar-refractivity contribution in [1.29, 1.82) is 0 Å². The van der Waals surface area contributed by atoms with Crippen LogP contribution in [0.1, 0.15) is 6.42 Å². The van der Waals surface area contributed by atoms with Crippen molar-refractivity contribution in [1.82, 2.24) is 4.72 Å². The first-order valence-corrected chi connectivity index (χ1v) is 5.12. The van der Waals surface area contributed by atoms with Crippen LogP contribution in [-0.4, -0.2) is 27.8 Å². The van der Waals surface area contributed by atoms with Gasteiger partial charge in [-0.05, 0) is 6.42 Å². The molecule has 0 heterocycles. The fourth-order valence-corrected chi connectivity index (χ4v) is 1.01. The third-order valence-electron chi connectivity index (χ3n) is 0.921. The molecule has 0 atom stereocenters. The van der Waals surface area contributed by atoms with E-state index < -0.39 is 10.0 Å². The van der Waals surface area contributed by atoms with Gasteiger partial charge in [0.05, 0.1) is 19.1 Å². The normalized spacial score (nSPS) is 11.0. The Morgan fingerprint density at radius 3 is 2.73 bits per heavy atom. The fourth-order valence-electron chi connectivity index (χ4n) is 0.496. The summed E-state index contributed by atoms with van der Waals surface area (Å²) in [6, 6.07) is 0. The van der Waals surface area contributed by atoms with E-state index in [1.54, 1.807) is 0 Å². The van der Waals surface area contributed by atoms with Gasteiger partial charge in [-0.3, -0.25) is 0 Å². The van der Waals surface area contributed by atoms with E-state index >= 15 is 0 Å². The first-order chi connectivity index (χ1) is 5.06. The van der Waals surface area contributed by atoms with Gasteiger partial charge in [0.2, 0.25) is 10.0 Å². The summed E-state index contributed by atoms with van der Waals surface area (Å²) in [6.45, 7) is 4.25. The molecule has 4 nitrogen and oxygen atoms in total. The van der Waals surface area contributed by atoms with Crippen LogP contribution in [-0.2, 0) is 14.8 Å². The zero-order valence-electron chi connectivity index (χ0n) is 6.54. The van der Waals surface area contributed by atoms with Gasteiger partial charge in [-0.25, -0.2) is 13.1 Å². The molecule has 1 N–H and O–H groups in total. The summed E-state index contributed by atoms with van der Waals surface area (Å²) >= 11 is 0. The summed E-state index contributed by atoms with van der Waals surface area (Å²) in [5, 5.41) is 0. The molecule has 0 bridgehead atoms. The van der Waals surface area contributed by atoms with Gasteiger partial charge in [0.25, 0.3) is 0 Å². The summed E-state index contributed by atoms with van der Waals surface area (Å²) < 4.78 is 28.1. The minimum Gasteiger partial charge on any atom is -0.502 e. The van der Waals surface area contributed by atoms with Crippen molar-refractivity contribution >= 4 is 10.0 Å². The molecular weight excluding hydrogens is 166 g/mol. The van der Waals surface area contributed by atoms with Gasteiger partial charge >= 0.3 is 0 Å². The highest BCUT2D eigenvalue weighted by Gasteiger charge is 1.97. The molecule has 11 heavy (non-hydrogen) atoms. The Balaban J connectivity index is 3.22. The summed E-state index contributed by atoms with van der Waals surface area (Å²) in [5.41, 5.74) is 0. The SMILES string of the molecule is C=COCCCNS(C)(=O)=O. The van der Waals surface area contributed by atoms with Gasteiger partial charge < -0.3 is 4.74 Å². The minimum absolute atomic E-state index is 0.409. The second-order valence-electron chi connectivity index (χ2n) is 2.06. The molecule has 0 aliphatic heterocycles. The number of hydrogen-bond donors (Lipinski definition) is 1. The van der Waals surface area contributed by atoms with Crippen LogP contribution in [0.15, 0.2) is 12.8 Å². The van der Waals surface area contributed by atoms with E-state index in [2.05, 4.69) is 11.3 Å². The molecule has 0 aromatic rings. The standard InChI is InChI=1S/C6H13NO3S/c1-3-10-6-4-5-7-11(2,8)9/h3,7H,1,4-6H2,2H3. The molecule has 0 saturated carbocycles. The number of ether oxygens (including phenoxy) is 1. The molecule has 0 saturated heterocycles. The maximum atomic E-state index is 10.5. The Bertz CT molecular complexity index is 198. The lowest BCUT2D eigenvalue weighted by molar-refractivity contribution is 0.247. The smallest absolute Gasteiger partial charge is 0.208 e. The number of nitrogens with one attached hydrogen (secondary N) is 1. The van der Waals surface area contributed by atoms with Gasteiger partial charge in [-0.2, -0.15) is 0 Å². The van der Waals surface area contributed by atoms with Crippen molar-refractivity contribution < 1.29 is 13.2 Å². The average Bonchev–Trinajstić information content (AvgIpc) is 1.85. The molecule has 0 radical (unpaired) electrons. The monoisotopic (exact) mass is 179 g/mol. The van der Waals surface area contributed by atoms with Crippen LogP contribution in [0.2, 0.25) is 0 Å². The molecule has 0 spiro atoms. The highest BCUT2D eigenvalue weighted by Crippen LogP contribution is 1.82. The van der Waals surface area contributed by atoms with Crippen LogP contribution in [0.5, 0.6) is 0 Å². The van der Waals surface area contributed by atoms with Crippen LogP contribution in [0.25, 0.3) is 0 Å². The zero-order chi connectivity index (χ0) is 8.74. The average molecular weight is 179 g/mol. The van der Waals surface area contributed by atoms with E-state index in [4.69, 9.17) is 4.74 Å². The maximum Gasteiger partial charge on any atom is 0.208 e. The Labute approximate surface area is 67.3 Å². The van der Waals surface area contributed by atoms with Gasteiger partial charge in [0.1, 0.15) is 0 Å². The lowest BCUT2D eigenvalue weighted by Gasteiger charge is -2.01. The first-order valence-electron chi connectivity index (χ1n) is 3.23. The summed E-state index contributed by atoms with van der Waals surface area (Å²) in [7, 11) is -3.04.